The van der Waals surface area contributed by atoms with E-state index in [1.54, 1.807) is 18.2 Å². The van der Waals surface area contributed by atoms with E-state index in [1.807, 2.05) is 19.1 Å². The Kier molecular flexibility index (Phi) is 3.06. The molecule has 1 aromatic carbocycles. The van der Waals surface area contributed by atoms with E-state index in [1.165, 1.54) is 0 Å². The van der Waals surface area contributed by atoms with Gasteiger partial charge in [-0.05, 0) is 25.1 Å². The average molecular weight is 235 g/mol. The molecule has 2 rings (SSSR count). The summed E-state index contributed by atoms with van der Waals surface area (Å²) in [4.78, 5) is 15.8. The number of rotatable bonds is 2. The summed E-state index contributed by atoms with van der Waals surface area (Å²) in [6, 6.07) is 9.01. The van der Waals surface area contributed by atoms with E-state index >= 15 is 0 Å². The molecule has 0 saturated heterocycles. The number of hydrogen-bond donors (Lipinski definition) is 1. The first-order valence-electron chi connectivity index (χ1n) is 5.05. The number of halogens is 1. The van der Waals surface area contributed by atoms with Crippen molar-refractivity contribution >= 4 is 28.4 Å². The van der Waals surface area contributed by atoms with E-state index in [-0.39, 0.29) is 5.91 Å². The fourth-order valence-corrected chi connectivity index (χ4v) is 1.63. The third-order valence-electron chi connectivity index (χ3n) is 2.22. The van der Waals surface area contributed by atoms with E-state index in [9.17, 15) is 4.79 Å². The highest BCUT2D eigenvalue weighted by molar-refractivity contribution is 6.31. The summed E-state index contributed by atoms with van der Waals surface area (Å²) in [5.74, 6) is -0.163. The highest BCUT2D eigenvalue weighted by atomic mass is 35.5. The second kappa shape index (κ2) is 4.49. The van der Waals surface area contributed by atoms with Gasteiger partial charge in [0.25, 0.3) is 5.91 Å². The molecule has 0 fully saturated rings. The molecule has 0 aliphatic heterocycles. The minimum absolute atomic E-state index is 0.163. The van der Waals surface area contributed by atoms with Crippen LogP contribution >= 0.6 is 11.6 Å². The summed E-state index contributed by atoms with van der Waals surface area (Å²) in [6.07, 6.45) is 0. The second-order valence-electron chi connectivity index (χ2n) is 3.39. The van der Waals surface area contributed by atoms with Crippen LogP contribution in [0.2, 0.25) is 5.02 Å². The average Bonchev–Trinajstić information content (AvgIpc) is 2.28. The smallest absolute Gasteiger partial charge is 0.269 e. The highest BCUT2D eigenvalue weighted by Gasteiger charge is 2.06. The van der Waals surface area contributed by atoms with Crippen LogP contribution in [0.25, 0.3) is 10.9 Å². The van der Waals surface area contributed by atoms with Gasteiger partial charge in [0, 0.05) is 17.0 Å². The molecule has 0 radical (unpaired) electrons. The van der Waals surface area contributed by atoms with Crippen molar-refractivity contribution in [1.29, 1.82) is 0 Å². The molecule has 0 aliphatic rings. The zero-order valence-electron chi connectivity index (χ0n) is 8.83. The summed E-state index contributed by atoms with van der Waals surface area (Å²) < 4.78 is 0. The lowest BCUT2D eigenvalue weighted by Crippen LogP contribution is -2.23. The van der Waals surface area contributed by atoms with Gasteiger partial charge in [-0.2, -0.15) is 0 Å². The first-order valence-corrected chi connectivity index (χ1v) is 5.43. The number of pyridine rings is 1. The van der Waals surface area contributed by atoms with Crippen molar-refractivity contribution in [1.82, 2.24) is 10.3 Å². The largest absolute Gasteiger partial charge is 0.351 e. The normalized spacial score (nSPS) is 10.4. The molecule has 0 atom stereocenters. The number of nitrogens with zero attached hydrogens (tertiary/aromatic N) is 1. The quantitative estimate of drug-likeness (QED) is 0.868. The molecule has 82 valence electrons. The molecule has 1 heterocycles. The SMILES string of the molecule is CCNC(=O)c1ccc2ccc(Cl)cc2n1. The number of carbonyl (C=O) groups excluding carboxylic acids is 1. The Hall–Kier alpha value is -1.61. The van der Waals surface area contributed by atoms with Crippen molar-refractivity contribution < 1.29 is 4.79 Å². The van der Waals surface area contributed by atoms with Crippen LogP contribution in [-0.4, -0.2) is 17.4 Å². The summed E-state index contributed by atoms with van der Waals surface area (Å²) in [6.45, 7) is 2.46. The summed E-state index contributed by atoms with van der Waals surface area (Å²) >= 11 is 5.87. The van der Waals surface area contributed by atoms with E-state index in [4.69, 9.17) is 11.6 Å². The topological polar surface area (TPSA) is 42.0 Å². The Morgan fingerprint density at radius 2 is 2.12 bits per heavy atom. The summed E-state index contributed by atoms with van der Waals surface area (Å²) in [7, 11) is 0. The number of nitrogens with one attached hydrogen (secondary N) is 1. The second-order valence-corrected chi connectivity index (χ2v) is 3.83. The number of aromatic nitrogens is 1. The molecule has 1 N–H and O–H groups in total. The molecule has 0 bridgehead atoms. The fraction of sp³-hybridized carbons (Fsp3) is 0.167. The fourth-order valence-electron chi connectivity index (χ4n) is 1.47. The minimum Gasteiger partial charge on any atom is -0.351 e. The Bertz CT molecular complexity index is 540. The standard InChI is InChI=1S/C12H11ClN2O/c1-2-14-12(16)10-6-4-8-3-5-9(13)7-11(8)15-10/h3-7H,2H2,1H3,(H,14,16). The van der Waals surface area contributed by atoms with Gasteiger partial charge in [0.05, 0.1) is 5.52 Å². The molecule has 0 unspecified atom stereocenters. The van der Waals surface area contributed by atoms with Crippen molar-refractivity contribution in [2.45, 2.75) is 6.92 Å². The predicted molar refractivity (Wildman–Crippen MR) is 64.8 cm³/mol. The molecular formula is C12H11ClN2O. The van der Waals surface area contributed by atoms with Crippen molar-refractivity contribution in [2.24, 2.45) is 0 Å². The Morgan fingerprint density at radius 1 is 1.38 bits per heavy atom. The number of benzene rings is 1. The first kappa shape index (κ1) is 10.9. The maximum atomic E-state index is 11.6. The van der Waals surface area contributed by atoms with Gasteiger partial charge in [-0.3, -0.25) is 4.79 Å². The molecule has 0 saturated carbocycles. The van der Waals surface area contributed by atoms with Gasteiger partial charge >= 0.3 is 0 Å². The maximum absolute atomic E-state index is 11.6. The van der Waals surface area contributed by atoms with Crippen molar-refractivity contribution in [3.05, 3.63) is 41.0 Å². The van der Waals surface area contributed by atoms with Crippen LogP contribution in [0.3, 0.4) is 0 Å². The van der Waals surface area contributed by atoms with E-state index in [0.717, 1.165) is 10.9 Å². The predicted octanol–water partition coefficient (Wildman–Crippen LogP) is 2.64. The first-order chi connectivity index (χ1) is 7.70. The molecule has 3 nitrogen and oxygen atoms in total. The zero-order valence-corrected chi connectivity index (χ0v) is 9.58. The number of fused-ring (bicyclic) bond motifs is 1. The van der Waals surface area contributed by atoms with Crippen LogP contribution in [0.5, 0.6) is 0 Å². The van der Waals surface area contributed by atoms with Crippen LogP contribution < -0.4 is 5.32 Å². The van der Waals surface area contributed by atoms with E-state index in [0.29, 0.717) is 17.3 Å². The van der Waals surface area contributed by atoms with E-state index < -0.39 is 0 Å². The number of amides is 1. The van der Waals surface area contributed by atoms with Gasteiger partial charge in [-0.1, -0.05) is 23.7 Å². The lowest BCUT2D eigenvalue weighted by molar-refractivity contribution is 0.0951. The van der Waals surface area contributed by atoms with Crippen molar-refractivity contribution in [3.63, 3.8) is 0 Å². The van der Waals surface area contributed by atoms with Gasteiger partial charge < -0.3 is 5.32 Å². The third kappa shape index (κ3) is 2.14. The Morgan fingerprint density at radius 3 is 2.88 bits per heavy atom. The summed E-state index contributed by atoms with van der Waals surface area (Å²) in [5, 5.41) is 4.30. The Labute approximate surface area is 98.4 Å². The molecule has 1 amide bonds. The molecule has 0 spiro atoms. The van der Waals surface area contributed by atoms with Crippen LogP contribution in [0.4, 0.5) is 0 Å². The molecule has 1 aromatic heterocycles. The van der Waals surface area contributed by atoms with Gasteiger partial charge in [0.1, 0.15) is 5.69 Å². The minimum atomic E-state index is -0.163. The van der Waals surface area contributed by atoms with Crippen LogP contribution in [0.1, 0.15) is 17.4 Å². The van der Waals surface area contributed by atoms with Gasteiger partial charge in [-0.25, -0.2) is 4.98 Å². The van der Waals surface area contributed by atoms with Gasteiger partial charge in [0.15, 0.2) is 0 Å². The van der Waals surface area contributed by atoms with Gasteiger partial charge in [-0.15, -0.1) is 0 Å². The lowest BCUT2D eigenvalue weighted by atomic mass is 10.2. The van der Waals surface area contributed by atoms with Crippen LogP contribution in [0, 0.1) is 0 Å². The highest BCUT2D eigenvalue weighted by Crippen LogP contribution is 2.17. The van der Waals surface area contributed by atoms with Crippen LogP contribution in [-0.2, 0) is 0 Å². The van der Waals surface area contributed by atoms with Crippen molar-refractivity contribution in [2.75, 3.05) is 6.54 Å². The molecular weight excluding hydrogens is 224 g/mol. The zero-order chi connectivity index (χ0) is 11.5. The Balaban J connectivity index is 2.46. The lowest BCUT2D eigenvalue weighted by Gasteiger charge is -2.03. The number of hydrogen-bond acceptors (Lipinski definition) is 2. The van der Waals surface area contributed by atoms with Crippen LogP contribution in [0.15, 0.2) is 30.3 Å². The maximum Gasteiger partial charge on any atom is 0.269 e. The molecule has 4 heteroatoms. The van der Waals surface area contributed by atoms with E-state index in [2.05, 4.69) is 10.3 Å². The molecule has 16 heavy (non-hydrogen) atoms. The summed E-state index contributed by atoms with van der Waals surface area (Å²) in [5.41, 5.74) is 1.15. The molecule has 0 aliphatic carbocycles. The molecule has 2 aromatic rings. The monoisotopic (exact) mass is 234 g/mol. The number of carbonyl (C=O) groups is 1. The van der Waals surface area contributed by atoms with Crippen molar-refractivity contribution in [3.8, 4) is 0 Å². The third-order valence-corrected chi connectivity index (χ3v) is 2.46. The van der Waals surface area contributed by atoms with Gasteiger partial charge in [0.2, 0.25) is 0 Å².